The third-order valence-corrected chi connectivity index (χ3v) is 9.46. The van der Waals surface area contributed by atoms with E-state index < -0.39 is 22.5 Å². The van der Waals surface area contributed by atoms with Crippen LogP contribution < -0.4 is 14.7 Å². The number of aryl methyl sites for hydroxylation is 1. The highest BCUT2D eigenvalue weighted by Gasteiger charge is 2.77. The SMILES string of the molecule is Cc1ccc2c(c1)[C@]1(C(=O)N2[C@@H]2N(c3ccc(Br)cc3)C(=O)C2(C)C)N(c2ccc(Br)cc2)C(=O)C1(C)C. The Morgan fingerprint density at radius 3 is 1.82 bits per heavy atom. The molecular formula is C30H27Br2N3O3. The molecular weight excluding hydrogens is 610 g/mol. The first-order valence-corrected chi connectivity index (χ1v) is 14.1. The van der Waals surface area contributed by atoms with E-state index in [9.17, 15) is 14.4 Å². The van der Waals surface area contributed by atoms with Gasteiger partial charge in [0.1, 0.15) is 6.17 Å². The normalized spacial score (nSPS) is 25.0. The van der Waals surface area contributed by atoms with Gasteiger partial charge in [-0.15, -0.1) is 0 Å². The summed E-state index contributed by atoms with van der Waals surface area (Å²) in [5, 5.41) is 0. The maximum absolute atomic E-state index is 14.9. The molecule has 3 aliphatic rings. The van der Waals surface area contributed by atoms with E-state index in [4.69, 9.17) is 0 Å². The van der Waals surface area contributed by atoms with E-state index in [-0.39, 0.29) is 17.7 Å². The summed E-state index contributed by atoms with van der Waals surface area (Å²) in [4.78, 5) is 47.2. The number of carbonyl (C=O) groups is 3. The topological polar surface area (TPSA) is 60.9 Å². The molecule has 8 heteroatoms. The van der Waals surface area contributed by atoms with Crippen molar-refractivity contribution in [2.45, 2.75) is 46.3 Å². The fourth-order valence-corrected chi connectivity index (χ4v) is 6.94. The molecule has 38 heavy (non-hydrogen) atoms. The van der Waals surface area contributed by atoms with Crippen molar-refractivity contribution in [2.75, 3.05) is 14.7 Å². The van der Waals surface area contributed by atoms with Crippen LogP contribution in [0.15, 0.2) is 75.7 Å². The molecule has 1 spiro atoms. The van der Waals surface area contributed by atoms with Crippen molar-refractivity contribution >= 4 is 66.6 Å². The van der Waals surface area contributed by atoms with Crippen LogP contribution in [-0.4, -0.2) is 23.9 Å². The van der Waals surface area contributed by atoms with Crippen LogP contribution in [0.1, 0.15) is 38.8 Å². The van der Waals surface area contributed by atoms with Gasteiger partial charge >= 0.3 is 0 Å². The van der Waals surface area contributed by atoms with Crippen LogP contribution in [0.25, 0.3) is 0 Å². The molecule has 6 nitrogen and oxygen atoms in total. The lowest BCUT2D eigenvalue weighted by Crippen LogP contribution is -2.80. The molecule has 0 aromatic heterocycles. The number of nitrogens with zero attached hydrogens (tertiary/aromatic N) is 3. The van der Waals surface area contributed by atoms with Gasteiger partial charge in [0, 0.05) is 25.9 Å². The van der Waals surface area contributed by atoms with Crippen molar-refractivity contribution in [1.29, 1.82) is 0 Å². The van der Waals surface area contributed by atoms with E-state index in [1.165, 1.54) is 0 Å². The smallest absolute Gasteiger partial charge is 0.260 e. The lowest BCUT2D eigenvalue weighted by molar-refractivity contribution is -0.154. The van der Waals surface area contributed by atoms with Gasteiger partial charge in [-0.25, -0.2) is 0 Å². The summed E-state index contributed by atoms with van der Waals surface area (Å²) in [5.41, 5.74) is 0.854. The average molecular weight is 637 g/mol. The number of rotatable bonds is 3. The quantitative estimate of drug-likeness (QED) is 0.307. The van der Waals surface area contributed by atoms with E-state index in [1.807, 2.05) is 101 Å². The van der Waals surface area contributed by atoms with E-state index in [2.05, 4.69) is 31.9 Å². The van der Waals surface area contributed by atoms with Gasteiger partial charge in [-0.2, -0.15) is 0 Å². The maximum Gasteiger partial charge on any atom is 0.260 e. The van der Waals surface area contributed by atoms with Crippen LogP contribution in [0.5, 0.6) is 0 Å². The van der Waals surface area contributed by atoms with Crippen molar-refractivity contribution < 1.29 is 14.4 Å². The van der Waals surface area contributed by atoms with Gasteiger partial charge in [-0.3, -0.25) is 29.1 Å². The Hall–Kier alpha value is -2.97. The fourth-order valence-electron chi connectivity index (χ4n) is 6.41. The first-order valence-electron chi connectivity index (χ1n) is 12.5. The molecule has 2 fully saturated rings. The number of hydrogen-bond acceptors (Lipinski definition) is 3. The molecule has 3 aromatic rings. The highest BCUT2D eigenvalue weighted by molar-refractivity contribution is 9.10. The number of amides is 3. The second-order valence-electron chi connectivity index (χ2n) is 11.4. The minimum atomic E-state index is -1.24. The third-order valence-electron chi connectivity index (χ3n) is 8.40. The number of anilines is 3. The summed E-state index contributed by atoms with van der Waals surface area (Å²) in [6.45, 7) is 9.45. The number of halogens is 2. The average Bonchev–Trinajstić information content (AvgIpc) is 3.13. The predicted molar refractivity (Wildman–Crippen MR) is 155 cm³/mol. The van der Waals surface area contributed by atoms with Crippen LogP contribution in [-0.2, 0) is 19.9 Å². The molecule has 0 saturated carbocycles. The number of carbonyl (C=O) groups excluding carboxylic acids is 3. The molecule has 3 amide bonds. The minimum Gasteiger partial charge on any atom is -0.291 e. The number of β-lactam (4-membered cyclic amide) rings is 2. The molecule has 3 aliphatic heterocycles. The summed E-state index contributed by atoms with van der Waals surface area (Å²) in [6, 6.07) is 20.9. The Balaban J connectivity index is 1.56. The Morgan fingerprint density at radius 1 is 0.684 bits per heavy atom. The van der Waals surface area contributed by atoms with Crippen LogP contribution in [0, 0.1) is 17.8 Å². The van der Waals surface area contributed by atoms with Crippen LogP contribution in [0.4, 0.5) is 17.1 Å². The maximum atomic E-state index is 14.9. The molecule has 0 aliphatic carbocycles. The van der Waals surface area contributed by atoms with Gasteiger partial charge in [0.15, 0.2) is 5.54 Å². The first-order chi connectivity index (χ1) is 17.8. The zero-order valence-corrected chi connectivity index (χ0v) is 24.9. The number of hydrogen-bond donors (Lipinski definition) is 0. The summed E-state index contributed by atoms with van der Waals surface area (Å²) in [5.74, 6) is -0.365. The molecule has 0 bridgehead atoms. The Kier molecular flexibility index (Phi) is 5.34. The molecule has 3 heterocycles. The summed E-state index contributed by atoms with van der Waals surface area (Å²) >= 11 is 6.94. The van der Waals surface area contributed by atoms with Crippen molar-refractivity contribution in [1.82, 2.24) is 0 Å². The van der Waals surface area contributed by atoms with Gasteiger partial charge in [0.05, 0.1) is 16.5 Å². The Bertz CT molecular complexity index is 1530. The predicted octanol–water partition coefficient (Wildman–Crippen LogP) is 6.53. The minimum absolute atomic E-state index is 0.0547. The fraction of sp³-hybridized carbons (Fsp3) is 0.300. The first kappa shape index (κ1) is 25.3. The van der Waals surface area contributed by atoms with E-state index in [1.54, 1.807) is 14.7 Å². The lowest BCUT2D eigenvalue weighted by Gasteiger charge is -2.61. The second-order valence-corrected chi connectivity index (χ2v) is 13.2. The lowest BCUT2D eigenvalue weighted by atomic mass is 9.59. The Labute approximate surface area is 238 Å². The third kappa shape index (κ3) is 2.96. The van der Waals surface area contributed by atoms with Gasteiger partial charge in [-0.05, 0) is 89.2 Å². The summed E-state index contributed by atoms with van der Waals surface area (Å²) in [6.07, 6.45) is -0.553. The van der Waals surface area contributed by atoms with E-state index in [0.717, 1.165) is 31.4 Å². The summed E-state index contributed by atoms with van der Waals surface area (Å²) in [7, 11) is 0. The van der Waals surface area contributed by atoms with Crippen LogP contribution in [0.3, 0.4) is 0 Å². The monoisotopic (exact) mass is 635 g/mol. The van der Waals surface area contributed by atoms with Gasteiger partial charge in [0.25, 0.3) is 5.91 Å². The highest BCUT2D eigenvalue weighted by Crippen LogP contribution is 2.64. The van der Waals surface area contributed by atoms with Crippen LogP contribution in [0.2, 0.25) is 0 Å². The van der Waals surface area contributed by atoms with Crippen molar-refractivity contribution in [3.05, 3.63) is 86.8 Å². The van der Waals surface area contributed by atoms with Gasteiger partial charge in [-0.1, -0.05) is 49.6 Å². The molecule has 194 valence electrons. The molecule has 6 rings (SSSR count). The number of benzene rings is 3. The van der Waals surface area contributed by atoms with Gasteiger partial charge < -0.3 is 0 Å². The molecule has 0 N–H and O–H groups in total. The molecule has 2 saturated heterocycles. The molecule has 0 unspecified atom stereocenters. The van der Waals surface area contributed by atoms with E-state index in [0.29, 0.717) is 5.69 Å². The van der Waals surface area contributed by atoms with E-state index >= 15 is 0 Å². The zero-order chi connectivity index (χ0) is 27.4. The van der Waals surface area contributed by atoms with Crippen molar-refractivity contribution in [3.8, 4) is 0 Å². The number of fused-ring (bicyclic) bond motifs is 2. The molecule has 3 aromatic carbocycles. The van der Waals surface area contributed by atoms with Gasteiger partial charge in [0.2, 0.25) is 11.8 Å². The second kappa shape index (κ2) is 8.02. The van der Waals surface area contributed by atoms with Crippen LogP contribution >= 0.6 is 31.9 Å². The zero-order valence-electron chi connectivity index (χ0n) is 21.8. The standard InChI is InChI=1S/C30H27Br2N3O3/c1-17-6-15-23-22(16-17)30(29(4,5)26(37)35(30)21-13-9-19(32)10-14-21)27(38)34(23)24-28(2,3)25(36)33(24)20-11-7-18(31)8-12-20/h6-16,24H,1-5H3/t24-,30+/m0/s1. The summed E-state index contributed by atoms with van der Waals surface area (Å²) < 4.78 is 1.79. The van der Waals surface area contributed by atoms with Crippen molar-refractivity contribution in [2.24, 2.45) is 10.8 Å². The Morgan fingerprint density at radius 2 is 1.24 bits per heavy atom. The molecule has 0 radical (unpaired) electrons. The van der Waals surface area contributed by atoms with Crippen molar-refractivity contribution in [3.63, 3.8) is 0 Å². The molecule has 2 atom stereocenters. The highest BCUT2D eigenvalue weighted by atomic mass is 79.9. The largest absolute Gasteiger partial charge is 0.291 e.